The second kappa shape index (κ2) is 7.77. The summed E-state index contributed by atoms with van der Waals surface area (Å²) in [5.74, 6) is -0.995. The molecule has 0 atom stereocenters. The molecule has 1 aliphatic rings. The van der Waals surface area contributed by atoms with E-state index >= 15 is 0 Å². The number of hydrogen-bond acceptors (Lipinski definition) is 5. The van der Waals surface area contributed by atoms with Crippen LogP contribution in [0, 0.1) is 0 Å². The average Bonchev–Trinajstić information content (AvgIpc) is 2.54. The summed E-state index contributed by atoms with van der Waals surface area (Å²) >= 11 is 0. The van der Waals surface area contributed by atoms with Crippen LogP contribution in [-0.4, -0.2) is 35.8 Å². The van der Waals surface area contributed by atoms with Crippen molar-refractivity contribution in [3.05, 3.63) is 29.8 Å². The number of para-hydroxylation sites is 1. The molecule has 0 heterocycles. The van der Waals surface area contributed by atoms with Crippen molar-refractivity contribution < 1.29 is 19.5 Å². The molecule has 0 unspecified atom stereocenters. The normalized spacial score (nSPS) is 21.1. The Labute approximate surface area is 128 Å². The number of amides is 2. The van der Waals surface area contributed by atoms with E-state index in [-0.39, 0.29) is 18.8 Å². The van der Waals surface area contributed by atoms with Gasteiger partial charge in [0.05, 0.1) is 11.7 Å². The number of benzene rings is 1. The minimum absolute atomic E-state index is 0.0155. The van der Waals surface area contributed by atoms with Gasteiger partial charge >= 0.3 is 0 Å². The van der Waals surface area contributed by atoms with Crippen LogP contribution < -0.4 is 16.5 Å². The first-order valence-corrected chi connectivity index (χ1v) is 7.30. The summed E-state index contributed by atoms with van der Waals surface area (Å²) in [6.45, 7) is -0.135. The Balaban J connectivity index is 1.83. The van der Waals surface area contributed by atoms with Crippen molar-refractivity contribution >= 4 is 17.5 Å². The lowest BCUT2D eigenvalue weighted by Crippen LogP contribution is -2.33. The summed E-state index contributed by atoms with van der Waals surface area (Å²) in [4.78, 5) is 22.3. The van der Waals surface area contributed by atoms with Crippen LogP contribution in [0.2, 0.25) is 0 Å². The predicted octanol–water partition coefficient (Wildman–Crippen LogP) is 1.03. The molecule has 0 spiro atoms. The first kappa shape index (κ1) is 16.3. The van der Waals surface area contributed by atoms with Crippen molar-refractivity contribution in [1.29, 1.82) is 0 Å². The molecule has 2 amide bonds. The van der Waals surface area contributed by atoms with E-state index in [2.05, 4.69) is 5.32 Å². The number of anilines is 1. The molecular formula is C15H21N3O4. The molecule has 2 rings (SSSR count). The van der Waals surface area contributed by atoms with E-state index in [9.17, 15) is 9.59 Å². The number of carbonyl (C=O) groups is 2. The van der Waals surface area contributed by atoms with E-state index in [1.165, 1.54) is 0 Å². The van der Waals surface area contributed by atoms with Crippen LogP contribution in [0.1, 0.15) is 36.0 Å². The molecular weight excluding hydrogens is 286 g/mol. The topological polar surface area (TPSA) is 114 Å². The van der Waals surface area contributed by atoms with Crippen molar-refractivity contribution in [3.63, 3.8) is 0 Å². The first-order valence-electron chi connectivity index (χ1n) is 7.30. The number of primary amides is 1. The van der Waals surface area contributed by atoms with Gasteiger partial charge in [0.2, 0.25) is 0 Å². The highest BCUT2D eigenvalue weighted by Crippen LogP contribution is 2.25. The number of nitrogens with two attached hydrogens (primary N) is 1. The predicted molar refractivity (Wildman–Crippen MR) is 80.5 cm³/mol. The van der Waals surface area contributed by atoms with Crippen molar-refractivity contribution in [2.45, 2.75) is 37.8 Å². The first-order chi connectivity index (χ1) is 10.6. The highest BCUT2D eigenvalue weighted by molar-refractivity contribution is 5.98. The molecule has 0 radical (unpaired) electrons. The summed E-state index contributed by atoms with van der Waals surface area (Å²) in [6.07, 6.45) is 3.39. The Morgan fingerprint density at radius 1 is 1.23 bits per heavy atom. The Hall–Kier alpha value is -2.12. The lowest BCUT2D eigenvalue weighted by atomic mass is 9.92. The molecule has 22 heavy (non-hydrogen) atoms. The third kappa shape index (κ3) is 4.44. The van der Waals surface area contributed by atoms with Gasteiger partial charge in [-0.15, -0.1) is 0 Å². The van der Waals surface area contributed by atoms with Crippen molar-refractivity contribution in [3.8, 4) is 0 Å². The summed E-state index contributed by atoms with van der Waals surface area (Å²) in [6, 6.07) is 7.42. The van der Waals surface area contributed by atoms with Crippen LogP contribution in [0.15, 0.2) is 24.3 Å². The minimum atomic E-state index is -0.546. The standard InChI is InChI=1S/C15H21N3O4/c16-15(20)12-3-1-2-4-13(12)17-10-5-7-11(8-6-10)22-9-14(19)18-21/h1-4,10-11,17,21H,5-9H2,(H2,16,20)(H,18,19). The van der Waals surface area contributed by atoms with Crippen molar-refractivity contribution in [2.24, 2.45) is 5.73 Å². The largest absolute Gasteiger partial charge is 0.382 e. The molecule has 1 fully saturated rings. The fourth-order valence-electron chi connectivity index (χ4n) is 2.64. The zero-order chi connectivity index (χ0) is 15.9. The van der Waals surface area contributed by atoms with Crippen LogP contribution in [0.3, 0.4) is 0 Å². The van der Waals surface area contributed by atoms with Gasteiger partial charge in [-0.3, -0.25) is 14.8 Å². The molecule has 1 aromatic rings. The smallest absolute Gasteiger partial charge is 0.269 e. The molecule has 120 valence electrons. The molecule has 0 saturated heterocycles. The van der Waals surface area contributed by atoms with E-state index in [1.54, 1.807) is 17.6 Å². The highest BCUT2D eigenvalue weighted by Gasteiger charge is 2.23. The number of hydrogen-bond donors (Lipinski definition) is 4. The Morgan fingerprint density at radius 3 is 2.55 bits per heavy atom. The monoisotopic (exact) mass is 307 g/mol. The number of ether oxygens (including phenoxy) is 1. The Bertz CT molecular complexity index is 527. The molecule has 7 nitrogen and oxygen atoms in total. The fourth-order valence-corrected chi connectivity index (χ4v) is 2.64. The molecule has 5 N–H and O–H groups in total. The molecule has 0 bridgehead atoms. The van der Waals surface area contributed by atoms with Crippen LogP contribution in [0.25, 0.3) is 0 Å². The number of rotatable bonds is 6. The molecule has 0 aromatic heterocycles. The Morgan fingerprint density at radius 2 is 1.91 bits per heavy atom. The number of carbonyl (C=O) groups excluding carboxylic acids is 2. The van der Waals surface area contributed by atoms with E-state index in [4.69, 9.17) is 15.7 Å². The van der Waals surface area contributed by atoms with Crippen LogP contribution in [0.4, 0.5) is 5.69 Å². The SMILES string of the molecule is NC(=O)c1ccccc1NC1CCC(OCC(=O)NO)CC1. The van der Waals surface area contributed by atoms with E-state index in [0.29, 0.717) is 5.56 Å². The molecule has 7 heteroatoms. The van der Waals surface area contributed by atoms with Gasteiger partial charge < -0.3 is 15.8 Å². The quantitative estimate of drug-likeness (QED) is 0.463. The van der Waals surface area contributed by atoms with Gasteiger partial charge in [-0.25, -0.2) is 5.48 Å². The summed E-state index contributed by atoms with van der Waals surface area (Å²) in [7, 11) is 0. The van der Waals surface area contributed by atoms with Crippen LogP contribution >= 0.6 is 0 Å². The van der Waals surface area contributed by atoms with E-state index in [0.717, 1.165) is 31.4 Å². The van der Waals surface area contributed by atoms with Crippen LogP contribution in [-0.2, 0) is 9.53 Å². The van der Waals surface area contributed by atoms with Gasteiger partial charge in [-0.2, -0.15) is 0 Å². The third-order valence-corrected chi connectivity index (χ3v) is 3.80. The lowest BCUT2D eigenvalue weighted by Gasteiger charge is -2.30. The van der Waals surface area contributed by atoms with E-state index in [1.807, 2.05) is 12.1 Å². The summed E-state index contributed by atoms with van der Waals surface area (Å²) in [5, 5.41) is 11.8. The molecule has 1 aromatic carbocycles. The zero-order valence-electron chi connectivity index (χ0n) is 12.2. The van der Waals surface area contributed by atoms with Crippen molar-refractivity contribution in [1.82, 2.24) is 5.48 Å². The summed E-state index contributed by atoms with van der Waals surface area (Å²) < 4.78 is 5.42. The lowest BCUT2D eigenvalue weighted by molar-refractivity contribution is -0.136. The summed E-state index contributed by atoms with van der Waals surface area (Å²) in [5.41, 5.74) is 8.14. The molecule has 1 aliphatic carbocycles. The minimum Gasteiger partial charge on any atom is -0.382 e. The second-order valence-electron chi connectivity index (χ2n) is 5.37. The van der Waals surface area contributed by atoms with Gasteiger partial charge in [-0.1, -0.05) is 12.1 Å². The van der Waals surface area contributed by atoms with E-state index < -0.39 is 11.8 Å². The van der Waals surface area contributed by atoms with Gasteiger partial charge in [0.15, 0.2) is 0 Å². The number of nitrogens with one attached hydrogen (secondary N) is 2. The third-order valence-electron chi connectivity index (χ3n) is 3.80. The van der Waals surface area contributed by atoms with Gasteiger partial charge in [-0.05, 0) is 37.8 Å². The maximum Gasteiger partial charge on any atom is 0.269 e. The fraction of sp³-hybridized carbons (Fsp3) is 0.467. The maximum atomic E-state index is 11.4. The van der Waals surface area contributed by atoms with Gasteiger partial charge in [0.1, 0.15) is 6.61 Å². The highest BCUT2D eigenvalue weighted by atomic mass is 16.5. The zero-order valence-corrected chi connectivity index (χ0v) is 12.2. The van der Waals surface area contributed by atoms with Gasteiger partial charge in [0.25, 0.3) is 11.8 Å². The number of hydroxylamine groups is 1. The second-order valence-corrected chi connectivity index (χ2v) is 5.37. The van der Waals surface area contributed by atoms with Crippen LogP contribution in [0.5, 0.6) is 0 Å². The Kier molecular flexibility index (Phi) is 5.74. The molecule has 0 aliphatic heterocycles. The van der Waals surface area contributed by atoms with Crippen molar-refractivity contribution in [2.75, 3.05) is 11.9 Å². The maximum absolute atomic E-state index is 11.4. The molecule has 1 saturated carbocycles. The van der Waals surface area contributed by atoms with Gasteiger partial charge in [0, 0.05) is 11.7 Å². The average molecular weight is 307 g/mol.